The molecule has 0 radical (unpaired) electrons. The van der Waals surface area contributed by atoms with Gasteiger partial charge in [-0.2, -0.15) is 0 Å². The van der Waals surface area contributed by atoms with E-state index in [1.54, 1.807) is 0 Å². The Kier molecular flexibility index (Phi) is 3.54. The monoisotopic (exact) mass is 256 g/mol. The molecule has 0 atom stereocenters. The lowest BCUT2D eigenvalue weighted by Crippen LogP contribution is -2.52. The molecule has 0 heterocycles. The van der Waals surface area contributed by atoms with Gasteiger partial charge in [-0.05, 0) is 11.6 Å². The lowest BCUT2D eigenvalue weighted by Gasteiger charge is -2.24. The SMILES string of the molecule is C[Si](C)(c1ccccc1)c1ccc(N)c(CN)c1. The molecule has 2 aromatic carbocycles. The summed E-state index contributed by atoms with van der Waals surface area (Å²) in [6, 6.07) is 17.0. The largest absolute Gasteiger partial charge is 0.398 e. The van der Waals surface area contributed by atoms with Crippen molar-refractivity contribution in [1.82, 2.24) is 0 Å². The summed E-state index contributed by atoms with van der Waals surface area (Å²) in [5.41, 5.74) is 13.5. The van der Waals surface area contributed by atoms with Crippen LogP contribution in [-0.4, -0.2) is 8.07 Å². The minimum atomic E-state index is -1.64. The molecule has 0 amide bonds. The average Bonchev–Trinajstić information content (AvgIpc) is 2.40. The molecule has 3 heteroatoms. The average molecular weight is 256 g/mol. The Labute approximate surface area is 110 Å². The minimum Gasteiger partial charge on any atom is -0.398 e. The van der Waals surface area contributed by atoms with Crippen molar-refractivity contribution < 1.29 is 0 Å². The summed E-state index contributed by atoms with van der Waals surface area (Å²) in [5, 5.41) is 2.81. The van der Waals surface area contributed by atoms with Crippen LogP contribution in [0.4, 0.5) is 5.69 Å². The zero-order valence-electron chi connectivity index (χ0n) is 11.0. The Morgan fingerprint density at radius 2 is 1.61 bits per heavy atom. The van der Waals surface area contributed by atoms with Crippen LogP contribution < -0.4 is 21.8 Å². The van der Waals surface area contributed by atoms with Crippen molar-refractivity contribution in [2.24, 2.45) is 5.73 Å². The highest BCUT2D eigenvalue weighted by Gasteiger charge is 2.25. The number of hydrogen-bond acceptors (Lipinski definition) is 2. The number of nitrogen functional groups attached to an aromatic ring is 1. The van der Waals surface area contributed by atoms with E-state index in [4.69, 9.17) is 11.5 Å². The smallest absolute Gasteiger partial charge is 0.112 e. The van der Waals surface area contributed by atoms with Crippen molar-refractivity contribution >= 4 is 24.1 Å². The van der Waals surface area contributed by atoms with Crippen molar-refractivity contribution in [3.8, 4) is 0 Å². The molecule has 0 aliphatic carbocycles. The van der Waals surface area contributed by atoms with Gasteiger partial charge in [-0.25, -0.2) is 0 Å². The fourth-order valence-corrected chi connectivity index (χ4v) is 4.59. The fourth-order valence-electron chi connectivity index (χ4n) is 2.19. The predicted molar refractivity (Wildman–Crippen MR) is 81.9 cm³/mol. The maximum Gasteiger partial charge on any atom is 0.112 e. The van der Waals surface area contributed by atoms with Gasteiger partial charge in [0.05, 0.1) is 0 Å². The Balaban J connectivity index is 2.47. The number of benzene rings is 2. The van der Waals surface area contributed by atoms with Crippen LogP contribution in [0.1, 0.15) is 5.56 Å². The molecule has 0 saturated heterocycles. The highest BCUT2D eigenvalue weighted by Crippen LogP contribution is 2.12. The Bertz CT molecular complexity index is 535. The summed E-state index contributed by atoms with van der Waals surface area (Å²) in [6.07, 6.45) is 0. The van der Waals surface area contributed by atoms with Crippen LogP contribution in [0.3, 0.4) is 0 Å². The number of hydrogen-bond donors (Lipinski definition) is 2. The molecule has 0 bridgehead atoms. The molecule has 0 aromatic heterocycles. The van der Waals surface area contributed by atoms with Gasteiger partial charge in [-0.3, -0.25) is 0 Å². The van der Waals surface area contributed by atoms with Gasteiger partial charge in [0, 0.05) is 12.2 Å². The van der Waals surface area contributed by atoms with Crippen molar-refractivity contribution in [1.29, 1.82) is 0 Å². The van der Waals surface area contributed by atoms with Gasteiger partial charge in [-0.1, -0.05) is 65.9 Å². The van der Waals surface area contributed by atoms with Crippen LogP contribution in [-0.2, 0) is 6.54 Å². The molecule has 4 N–H and O–H groups in total. The molecule has 0 fully saturated rings. The summed E-state index contributed by atoms with van der Waals surface area (Å²) < 4.78 is 0. The summed E-state index contributed by atoms with van der Waals surface area (Å²) >= 11 is 0. The van der Waals surface area contributed by atoms with Crippen LogP contribution in [0, 0.1) is 0 Å². The molecule has 2 nitrogen and oxygen atoms in total. The summed E-state index contributed by atoms with van der Waals surface area (Å²) in [6.45, 7) is 5.21. The Morgan fingerprint density at radius 3 is 2.22 bits per heavy atom. The third-order valence-electron chi connectivity index (χ3n) is 3.58. The second kappa shape index (κ2) is 4.96. The fraction of sp³-hybridized carbons (Fsp3) is 0.200. The van der Waals surface area contributed by atoms with Crippen molar-refractivity contribution in [3.63, 3.8) is 0 Å². The topological polar surface area (TPSA) is 52.0 Å². The third kappa shape index (κ3) is 2.32. The maximum atomic E-state index is 5.92. The molecule has 0 aliphatic heterocycles. The van der Waals surface area contributed by atoms with Crippen LogP contribution in [0.25, 0.3) is 0 Å². The molecule has 18 heavy (non-hydrogen) atoms. The third-order valence-corrected chi connectivity index (χ3v) is 7.11. The van der Waals surface area contributed by atoms with Gasteiger partial charge in [0.15, 0.2) is 0 Å². The molecule has 0 aliphatic rings. The predicted octanol–water partition coefficient (Wildman–Crippen LogP) is 1.55. The highest BCUT2D eigenvalue weighted by molar-refractivity contribution is 7.00. The first-order chi connectivity index (χ1) is 8.55. The first-order valence-corrected chi connectivity index (χ1v) is 9.20. The normalized spacial score (nSPS) is 11.5. The number of anilines is 1. The van der Waals surface area contributed by atoms with Crippen LogP contribution in [0.5, 0.6) is 0 Å². The number of nitrogens with two attached hydrogens (primary N) is 2. The van der Waals surface area contributed by atoms with Gasteiger partial charge in [-0.15, -0.1) is 0 Å². The van der Waals surface area contributed by atoms with E-state index in [9.17, 15) is 0 Å². The van der Waals surface area contributed by atoms with Gasteiger partial charge in [0.1, 0.15) is 8.07 Å². The van der Waals surface area contributed by atoms with E-state index < -0.39 is 8.07 Å². The van der Waals surface area contributed by atoms with Crippen molar-refractivity contribution in [2.75, 3.05) is 5.73 Å². The van der Waals surface area contributed by atoms with E-state index in [0.717, 1.165) is 11.3 Å². The maximum absolute atomic E-state index is 5.92. The molecule has 94 valence electrons. The highest BCUT2D eigenvalue weighted by atomic mass is 28.3. The Hall–Kier alpha value is -1.58. The van der Waals surface area contributed by atoms with Crippen molar-refractivity contribution in [3.05, 3.63) is 54.1 Å². The van der Waals surface area contributed by atoms with Gasteiger partial charge in [0.25, 0.3) is 0 Å². The van der Waals surface area contributed by atoms with E-state index in [-0.39, 0.29) is 0 Å². The quantitative estimate of drug-likeness (QED) is 0.647. The zero-order valence-corrected chi connectivity index (χ0v) is 12.0. The first-order valence-electron chi connectivity index (χ1n) is 6.20. The van der Waals surface area contributed by atoms with E-state index in [2.05, 4.69) is 55.6 Å². The second-order valence-corrected chi connectivity index (χ2v) is 9.51. The van der Waals surface area contributed by atoms with Crippen LogP contribution in [0.2, 0.25) is 13.1 Å². The lowest BCUT2D eigenvalue weighted by atomic mass is 10.2. The van der Waals surface area contributed by atoms with E-state index in [1.165, 1.54) is 10.4 Å². The molecule has 0 saturated carbocycles. The summed E-state index contributed by atoms with van der Waals surface area (Å²) in [7, 11) is -1.64. The molecule has 0 unspecified atom stereocenters. The molecule has 0 spiro atoms. The minimum absolute atomic E-state index is 0.499. The van der Waals surface area contributed by atoms with E-state index in [0.29, 0.717) is 6.54 Å². The summed E-state index contributed by atoms with van der Waals surface area (Å²) in [4.78, 5) is 0. The Morgan fingerprint density at radius 1 is 0.944 bits per heavy atom. The van der Waals surface area contributed by atoms with Gasteiger partial charge >= 0.3 is 0 Å². The molecule has 2 rings (SSSR count). The standard InChI is InChI=1S/C15H20N2Si/c1-18(2,13-6-4-3-5-7-13)14-8-9-15(17)12(10-14)11-16/h3-10H,11,16-17H2,1-2H3. The molecular weight excluding hydrogens is 236 g/mol. The summed E-state index contributed by atoms with van der Waals surface area (Å²) in [5.74, 6) is 0. The van der Waals surface area contributed by atoms with Gasteiger partial charge in [0.2, 0.25) is 0 Å². The molecular formula is C15H20N2Si. The van der Waals surface area contributed by atoms with Gasteiger partial charge < -0.3 is 11.5 Å². The number of rotatable bonds is 3. The first kappa shape index (κ1) is 12.9. The van der Waals surface area contributed by atoms with Crippen LogP contribution in [0.15, 0.2) is 48.5 Å². The lowest BCUT2D eigenvalue weighted by molar-refractivity contribution is 1.08. The second-order valence-electron chi connectivity index (χ2n) is 5.11. The van der Waals surface area contributed by atoms with Crippen molar-refractivity contribution in [2.45, 2.75) is 19.6 Å². The molecule has 2 aromatic rings. The zero-order chi connectivity index (χ0) is 13.2. The van der Waals surface area contributed by atoms with E-state index in [1.807, 2.05) is 6.07 Å². The van der Waals surface area contributed by atoms with E-state index >= 15 is 0 Å². The van der Waals surface area contributed by atoms with Crippen LogP contribution >= 0.6 is 0 Å².